The summed E-state index contributed by atoms with van der Waals surface area (Å²) in [6.45, 7) is 4.24. The van der Waals surface area contributed by atoms with Crippen molar-refractivity contribution in [1.82, 2.24) is 5.32 Å². The van der Waals surface area contributed by atoms with Gasteiger partial charge in [0.05, 0.1) is 30.3 Å². The first kappa shape index (κ1) is 41.7. The Labute approximate surface area is 358 Å². The molecule has 4 saturated heterocycles. The van der Waals surface area contributed by atoms with Crippen molar-refractivity contribution in [2.45, 2.75) is 148 Å². The molecule has 1 aromatic carbocycles. The lowest BCUT2D eigenvalue weighted by Crippen LogP contribution is -2.92. The number of fused-ring (bicyclic) bond motifs is 14. The van der Waals surface area contributed by atoms with Crippen LogP contribution in [-0.2, 0) is 20.7 Å². The number of aliphatic hydroxyl groups is 6. The van der Waals surface area contributed by atoms with Crippen molar-refractivity contribution in [3.63, 3.8) is 0 Å². The molecular formula is C45H59NO12S2. The lowest BCUT2D eigenvalue weighted by molar-refractivity contribution is -0.458. The van der Waals surface area contributed by atoms with Gasteiger partial charge in [-0.2, -0.15) is 0 Å². The summed E-state index contributed by atoms with van der Waals surface area (Å²) in [5.74, 6) is -4.24. The Kier molecular flexibility index (Phi) is 10.7. The van der Waals surface area contributed by atoms with E-state index in [1.54, 1.807) is 53.0 Å². The molecule has 10 bridgehead atoms. The van der Waals surface area contributed by atoms with Gasteiger partial charge in [0.25, 0.3) is 5.79 Å². The third kappa shape index (κ3) is 6.07. The van der Waals surface area contributed by atoms with Crippen molar-refractivity contribution in [3.8, 4) is 11.5 Å². The largest absolute Gasteiger partial charge is 0.482 e. The molecule has 2 saturated carbocycles. The summed E-state index contributed by atoms with van der Waals surface area (Å²) < 4.78 is 33.5. The summed E-state index contributed by atoms with van der Waals surface area (Å²) in [7, 11) is 3.32. The highest BCUT2D eigenvalue weighted by Gasteiger charge is 2.85. The van der Waals surface area contributed by atoms with Crippen LogP contribution in [0.25, 0.3) is 11.0 Å². The first-order valence-corrected chi connectivity index (χ1v) is 24.4. The average molecular weight is 870 g/mol. The maximum Gasteiger partial charge on any atom is 0.306 e. The number of hydrogen-bond acceptors (Lipinski definition) is 15. The summed E-state index contributed by atoms with van der Waals surface area (Å²) in [4.78, 5) is 12.9. The lowest BCUT2D eigenvalue weighted by atomic mass is 9.46. The predicted octanol–water partition coefficient (Wildman–Crippen LogP) is 4.32. The fourth-order valence-electron chi connectivity index (χ4n) is 12.7. The van der Waals surface area contributed by atoms with Crippen molar-refractivity contribution in [2.24, 2.45) is 29.6 Å². The van der Waals surface area contributed by atoms with E-state index in [1.807, 2.05) is 12.1 Å². The van der Waals surface area contributed by atoms with Gasteiger partial charge in [0.1, 0.15) is 23.4 Å². The predicted molar refractivity (Wildman–Crippen MR) is 224 cm³/mol. The van der Waals surface area contributed by atoms with Gasteiger partial charge >= 0.3 is 5.97 Å². The molecule has 0 radical (unpaired) electrons. The van der Waals surface area contributed by atoms with E-state index < -0.39 is 82.6 Å². The number of aryl methyl sites for hydroxylation is 1. The topological polar surface area (TPSA) is 201 Å². The Morgan fingerprint density at radius 3 is 2.73 bits per heavy atom. The Morgan fingerprint density at radius 1 is 1.07 bits per heavy atom. The van der Waals surface area contributed by atoms with Crippen LogP contribution < -0.4 is 14.8 Å². The van der Waals surface area contributed by atoms with Crippen LogP contribution in [0, 0.1) is 29.6 Å². The second kappa shape index (κ2) is 15.4. The number of allylic oxidation sites excluding steroid dienone is 1. The summed E-state index contributed by atoms with van der Waals surface area (Å²) in [5.41, 5.74) is -4.97. The minimum atomic E-state index is -2.52. The Balaban J connectivity index is 1.27. The van der Waals surface area contributed by atoms with Gasteiger partial charge in [0.2, 0.25) is 5.75 Å². The lowest BCUT2D eigenvalue weighted by Gasteiger charge is -2.73. The van der Waals surface area contributed by atoms with E-state index in [2.05, 4.69) is 12.2 Å². The first-order valence-electron chi connectivity index (χ1n) is 22.2. The maximum atomic E-state index is 13.9. The van der Waals surface area contributed by atoms with Crippen LogP contribution in [0.2, 0.25) is 0 Å². The molecule has 0 unspecified atom stereocenters. The molecule has 11 rings (SSSR count). The Bertz CT molecular complexity index is 2040. The molecule has 16 atom stereocenters. The third-order valence-corrected chi connectivity index (χ3v) is 19.2. The molecule has 6 aliphatic heterocycles. The fourth-order valence-corrected chi connectivity index (χ4v) is 16.7. The highest BCUT2D eigenvalue weighted by Crippen LogP contribution is 2.69. The number of hydrogen-bond donors (Lipinski definition) is 7. The van der Waals surface area contributed by atoms with Gasteiger partial charge in [0, 0.05) is 48.1 Å². The van der Waals surface area contributed by atoms with Crippen molar-refractivity contribution in [2.75, 3.05) is 19.8 Å². The minimum Gasteiger partial charge on any atom is -0.482 e. The first-order chi connectivity index (χ1) is 28.9. The number of benzene rings is 1. The molecule has 2 spiro atoms. The molecule has 9 aliphatic rings. The maximum absolute atomic E-state index is 13.9. The van der Waals surface area contributed by atoms with Gasteiger partial charge in [-0.15, -0.1) is 0 Å². The molecule has 1 aromatic heterocycles. The summed E-state index contributed by atoms with van der Waals surface area (Å²) in [6.07, 6.45) is 7.58. The van der Waals surface area contributed by atoms with Crippen molar-refractivity contribution < 1.29 is 58.8 Å². The van der Waals surface area contributed by atoms with Crippen LogP contribution >= 0.6 is 21.6 Å². The highest BCUT2D eigenvalue weighted by atomic mass is 33.1. The van der Waals surface area contributed by atoms with Crippen LogP contribution in [-0.4, -0.2) is 120 Å². The number of furan rings is 1. The van der Waals surface area contributed by atoms with E-state index in [9.17, 15) is 35.4 Å². The van der Waals surface area contributed by atoms with Crippen LogP contribution in [0.5, 0.6) is 11.5 Å². The summed E-state index contributed by atoms with van der Waals surface area (Å²) in [5, 5.41) is 80.2. The van der Waals surface area contributed by atoms with Crippen LogP contribution in [0.4, 0.5) is 0 Å². The van der Waals surface area contributed by atoms with Crippen molar-refractivity contribution in [1.29, 1.82) is 0 Å². The molecule has 328 valence electrons. The molecule has 2 aromatic rings. The van der Waals surface area contributed by atoms with E-state index in [4.69, 9.17) is 23.4 Å². The quantitative estimate of drug-likeness (QED) is 0.127. The normalized spacial score (nSPS) is 45.6. The standard InChI is InChI=1S/C45H59NO12S2/c1-3-54-35(50)14-10-25-17-26-15-16-55-37(26)39-38(25)57-43-20-28-7-11-29(56-39)21-46-31-18-24-9-13-33(31)59-60-40(28)45(58-43,34(49)6-4-5-23(24)2)42(52)19-27-8-12-32(48)30(22-47)36(27)44(43,53)41(42)51/h8,12,15-17,20,23-24,27,29-34,36,40-41,46-49,51-53H,3-7,9-11,13-14,18-19,21-22H2,1-2H3/t23-,24-,27+,29+,30-,31-,32-,33+,34-,36-,40+,41+,42+,43-,44+,45+/m1/s1. The molecule has 13 nitrogen and oxygen atoms in total. The van der Waals surface area contributed by atoms with Crippen LogP contribution in [0.3, 0.4) is 0 Å². The van der Waals surface area contributed by atoms with Crippen LogP contribution in [0.15, 0.2) is 46.6 Å². The SMILES string of the molecule is CCOC(=O)CCc1cc2ccoc2c2c1O[C@]13C=C4CC[C@@H](CN[C@@H]5C[C@H]6CC[C@@H]5SS[C@@H]4[C@@](O1)([C@H](O)CCC[C@H]6C)[C@]1(O)C[C@@H]4C=C[C@@H](O)[C@@H](CO)[C@@H]4[C@]3(O)[C@H]1O)O2. The summed E-state index contributed by atoms with van der Waals surface area (Å²) in [6, 6.07) is 3.81. The third-order valence-electron chi connectivity index (χ3n) is 15.8. The van der Waals surface area contributed by atoms with E-state index in [1.165, 1.54) is 0 Å². The number of nitrogens with one attached hydrogen (secondary N) is 1. The molecule has 3 aliphatic carbocycles. The average Bonchev–Trinajstić information content (AvgIpc) is 3.70. The van der Waals surface area contributed by atoms with E-state index in [0.717, 1.165) is 31.3 Å². The zero-order chi connectivity index (χ0) is 41.8. The Hall–Kier alpha value is -2.31. The van der Waals surface area contributed by atoms with Crippen molar-refractivity contribution in [3.05, 3.63) is 47.8 Å². The van der Waals surface area contributed by atoms with Gasteiger partial charge in [-0.1, -0.05) is 59.1 Å². The van der Waals surface area contributed by atoms with E-state index in [0.29, 0.717) is 54.2 Å². The molecule has 7 heterocycles. The zero-order valence-corrected chi connectivity index (χ0v) is 35.9. The number of carbonyl (C=O) groups is 1. The minimum absolute atomic E-state index is 0.00487. The highest BCUT2D eigenvalue weighted by molar-refractivity contribution is 8.77. The Morgan fingerprint density at radius 2 is 1.92 bits per heavy atom. The van der Waals surface area contributed by atoms with Gasteiger partial charge in [0.15, 0.2) is 16.9 Å². The number of aliphatic hydroxyl groups excluding tert-OH is 4. The molecule has 7 N–H and O–H groups in total. The van der Waals surface area contributed by atoms with E-state index >= 15 is 0 Å². The zero-order valence-electron chi connectivity index (χ0n) is 34.2. The monoisotopic (exact) mass is 869 g/mol. The number of esters is 1. The van der Waals surface area contributed by atoms with Gasteiger partial charge in [-0.05, 0) is 99.8 Å². The fraction of sp³-hybridized carbons (Fsp3) is 0.711. The molecule has 6 fully saturated rings. The van der Waals surface area contributed by atoms with Gasteiger partial charge < -0.3 is 59.3 Å². The molecule has 15 heteroatoms. The second-order valence-corrected chi connectivity index (χ2v) is 21.5. The molecular weight excluding hydrogens is 811 g/mol. The second-order valence-electron chi connectivity index (χ2n) is 18.9. The van der Waals surface area contributed by atoms with Crippen LogP contribution in [0.1, 0.15) is 83.6 Å². The van der Waals surface area contributed by atoms with Gasteiger partial charge in [-0.25, -0.2) is 0 Å². The number of rotatable bonds is 5. The smallest absolute Gasteiger partial charge is 0.306 e. The van der Waals surface area contributed by atoms with Crippen molar-refractivity contribution >= 4 is 38.5 Å². The summed E-state index contributed by atoms with van der Waals surface area (Å²) >= 11 is 0. The van der Waals surface area contributed by atoms with E-state index in [-0.39, 0.29) is 55.1 Å². The molecule has 60 heavy (non-hydrogen) atoms. The molecule has 0 amide bonds. The van der Waals surface area contributed by atoms with Gasteiger partial charge in [-0.3, -0.25) is 4.79 Å². The number of ether oxygens (including phenoxy) is 4. The number of carbonyl (C=O) groups excluding carboxylic acids is 1.